The Morgan fingerprint density at radius 3 is 2.54 bits per heavy atom. The van der Waals surface area contributed by atoms with Crippen LogP contribution in [-0.2, 0) is 31.6 Å². The van der Waals surface area contributed by atoms with Crippen LogP contribution < -0.4 is 21.7 Å². The maximum absolute atomic E-state index is 14.1. The van der Waals surface area contributed by atoms with Gasteiger partial charge < -0.3 is 26.8 Å². The number of hydrogen-bond acceptors (Lipinski definition) is 6. The molecule has 3 aliphatic rings. The summed E-state index contributed by atoms with van der Waals surface area (Å²) in [7, 11) is 0. The lowest BCUT2D eigenvalue weighted by molar-refractivity contribution is -0.130. The lowest BCUT2D eigenvalue weighted by Crippen LogP contribution is -2.58. The Bertz CT molecular complexity index is 1580. The van der Waals surface area contributed by atoms with Crippen LogP contribution in [0.15, 0.2) is 53.5 Å². The van der Waals surface area contributed by atoms with E-state index in [9.17, 15) is 19.5 Å². The summed E-state index contributed by atoms with van der Waals surface area (Å²) in [6.45, 7) is 13.6. The van der Waals surface area contributed by atoms with E-state index >= 15 is 0 Å². The number of hydrogen-bond donors (Lipinski definition) is 5. The smallest absolute Gasteiger partial charge is 0.242 e. The molecule has 2 aromatic rings. The lowest BCUT2D eigenvalue weighted by Gasteiger charge is -2.55. The normalized spacial score (nSPS) is 26.0. The highest BCUT2D eigenvalue weighted by Gasteiger charge is 2.62. The number of aromatic hydroxyl groups is 1. The van der Waals surface area contributed by atoms with Gasteiger partial charge in [0, 0.05) is 32.1 Å². The number of amides is 3. The molecule has 0 spiro atoms. The minimum atomic E-state index is -0.701. The molecule has 6 N–H and O–H groups in total. The number of piperidine rings is 1. The van der Waals surface area contributed by atoms with Gasteiger partial charge in [0.15, 0.2) is 0 Å². The Kier molecular flexibility index (Phi) is 13.1. The Morgan fingerprint density at radius 2 is 1.81 bits per heavy atom. The molecule has 0 unspecified atom stereocenters. The van der Waals surface area contributed by atoms with Crippen molar-refractivity contribution in [2.75, 3.05) is 32.7 Å². The van der Waals surface area contributed by atoms with Crippen LogP contribution in [0.5, 0.6) is 5.75 Å². The summed E-state index contributed by atoms with van der Waals surface area (Å²) in [4.78, 5) is 47.4. The summed E-state index contributed by atoms with van der Waals surface area (Å²) in [5, 5.41) is 19.1. The van der Waals surface area contributed by atoms with Crippen molar-refractivity contribution in [1.29, 1.82) is 0 Å². The number of unbranched alkanes of at least 4 members (excludes halogenated alkanes) is 3. The van der Waals surface area contributed by atoms with Crippen molar-refractivity contribution in [3.8, 4) is 5.75 Å². The molecule has 1 aliphatic heterocycles. The molecule has 2 bridgehead atoms. The number of benzene rings is 2. The number of nitrogens with two attached hydrogens (primary N) is 1. The fourth-order valence-electron chi connectivity index (χ4n) is 8.78. The predicted octanol–water partition coefficient (Wildman–Crippen LogP) is 4.97. The van der Waals surface area contributed by atoms with Crippen molar-refractivity contribution in [1.82, 2.24) is 20.9 Å². The van der Waals surface area contributed by atoms with Gasteiger partial charge in [0.2, 0.25) is 17.7 Å². The number of aliphatic imine (C=N–C) groups is 1. The van der Waals surface area contributed by atoms with Crippen molar-refractivity contribution < 1.29 is 19.5 Å². The summed E-state index contributed by atoms with van der Waals surface area (Å²) in [5.41, 5.74) is 8.63. The van der Waals surface area contributed by atoms with Crippen LogP contribution >= 0.6 is 0 Å². The molecule has 1 heterocycles. The topological polar surface area (TPSA) is 149 Å². The Labute approximate surface area is 310 Å². The molecule has 10 heteroatoms. The zero-order chi connectivity index (χ0) is 37.5. The van der Waals surface area contributed by atoms with E-state index < -0.39 is 11.5 Å². The highest BCUT2D eigenvalue weighted by atomic mass is 16.3. The number of rotatable bonds is 18. The number of phenolic OH excluding ortho intramolecular Hbond substituents is 1. The van der Waals surface area contributed by atoms with Crippen LogP contribution in [0.2, 0.25) is 0 Å². The quantitative estimate of drug-likeness (QED) is 0.0837. The van der Waals surface area contributed by atoms with Crippen LogP contribution in [0.3, 0.4) is 0 Å². The first-order valence-corrected chi connectivity index (χ1v) is 19.6. The van der Waals surface area contributed by atoms with Crippen LogP contribution in [0.1, 0.15) is 103 Å². The summed E-state index contributed by atoms with van der Waals surface area (Å²) >= 11 is 0. The highest BCUT2D eigenvalue weighted by Crippen LogP contribution is 2.56. The molecular formula is C42H62N6O4. The van der Waals surface area contributed by atoms with Gasteiger partial charge in [0.05, 0.1) is 17.8 Å². The largest absolute Gasteiger partial charge is 0.508 e. The first kappa shape index (κ1) is 39.3. The molecular weight excluding hydrogens is 653 g/mol. The summed E-state index contributed by atoms with van der Waals surface area (Å²) in [5.74, 6) is 1.06. The number of phenols is 1. The SMILES string of the molecule is CCC(N)=NCCCCCCNC(=O)[C@@H](CC(C)C)NC(=O)CNC(=O)[C@@]1(c2ccccc2)C[C@H]1CN1CC[C@@]2(C)c3cc(O)ccc3C[C@@H]1[C@@H]2C. The Balaban J connectivity index is 1.15. The number of likely N-dealkylation sites (tertiary alicyclic amines) is 1. The molecule has 284 valence electrons. The fraction of sp³-hybridized carbons (Fsp3) is 0.619. The number of nitrogens with zero attached hydrogens (tertiary/aromatic N) is 2. The number of carbonyl (C=O) groups excluding carboxylic acids is 3. The maximum atomic E-state index is 14.1. The Hall–Kier alpha value is -3.92. The van der Waals surface area contributed by atoms with Gasteiger partial charge in [-0.1, -0.05) is 83.9 Å². The third-order valence-electron chi connectivity index (χ3n) is 12.2. The number of fused-ring (bicyclic) bond motifs is 4. The van der Waals surface area contributed by atoms with E-state index in [2.05, 4.69) is 45.8 Å². The Morgan fingerprint density at radius 1 is 1.06 bits per heavy atom. The second-order valence-electron chi connectivity index (χ2n) is 16.2. The molecule has 5 rings (SSSR count). The molecule has 2 fully saturated rings. The van der Waals surface area contributed by atoms with E-state index in [0.717, 1.165) is 76.6 Å². The monoisotopic (exact) mass is 714 g/mol. The molecule has 2 aliphatic carbocycles. The third-order valence-corrected chi connectivity index (χ3v) is 12.2. The van der Waals surface area contributed by atoms with Gasteiger partial charge in [-0.25, -0.2) is 0 Å². The van der Waals surface area contributed by atoms with E-state index in [0.29, 0.717) is 36.5 Å². The molecule has 3 amide bonds. The van der Waals surface area contributed by atoms with Gasteiger partial charge in [-0.2, -0.15) is 0 Å². The molecule has 52 heavy (non-hydrogen) atoms. The first-order valence-electron chi connectivity index (χ1n) is 19.6. The standard InChI is InChI=1S/C42H62N6O4/c1-6-37(43)44-19-12-7-8-13-20-45-39(51)35(22-28(2)3)47-38(50)26-46-40(52)42(31-14-10-9-11-15-31)25-32(42)27-48-21-18-41(5)29(4)36(48)23-30-16-17-33(49)24-34(30)41/h9-11,14-17,24,28-29,32,35-36,49H,6-8,12-13,18-23,25-27H2,1-5H3,(H2,43,44)(H,45,51)(H,46,52)(H,47,50)/t29-,32-,35+,36+,41+,42+/m0/s1. The molecule has 10 nitrogen and oxygen atoms in total. The van der Waals surface area contributed by atoms with E-state index in [1.807, 2.05) is 57.2 Å². The number of nitrogens with one attached hydrogen (secondary N) is 3. The minimum absolute atomic E-state index is 0.00191. The van der Waals surface area contributed by atoms with Gasteiger partial charge in [-0.05, 0) is 97.1 Å². The average Bonchev–Trinajstić information content (AvgIpc) is 3.86. The second kappa shape index (κ2) is 17.3. The molecule has 0 aromatic heterocycles. The van der Waals surface area contributed by atoms with E-state index in [4.69, 9.17) is 5.73 Å². The van der Waals surface area contributed by atoms with Crippen LogP contribution in [0, 0.1) is 17.8 Å². The van der Waals surface area contributed by atoms with Gasteiger partial charge in [-0.15, -0.1) is 0 Å². The molecule has 0 radical (unpaired) electrons. The molecule has 1 saturated heterocycles. The molecule has 6 atom stereocenters. The van der Waals surface area contributed by atoms with Crippen molar-refractivity contribution in [3.05, 3.63) is 65.2 Å². The maximum Gasteiger partial charge on any atom is 0.242 e. The fourth-order valence-corrected chi connectivity index (χ4v) is 8.78. The molecule has 1 saturated carbocycles. The average molecular weight is 715 g/mol. The number of carbonyl (C=O) groups is 3. The lowest BCUT2D eigenvalue weighted by atomic mass is 9.59. The van der Waals surface area contributed by atoms with Crippen LogP contribution in [-0.4, -0.2) is 78.4 Å². The summed E-state index contributed by atoms with van der Waals surface area (Å²) < 4.78 is 0. The summed E-state index contributed by atoms with van der Waals surface area (Å²) in [6.07, 6.45) is 7.76. The van der Waals surface area contributed by atoms with Crippen LogP contribution in [0.4, 0.5) is 0 Å². The first-order chi connectivity index (χ1) is 24.9. The van der Waals surface area contributed by atoms with Gasteiger partial charge in [-0.3, -0.25) is 24.3 Å². The van der Waals surface area contributed by atoms with Gasteiger partial charge in [0.25, 0.3) is 0 Å². The van der Waals surface area contributed by atoms with Crippen molar-refractivity contribution >= 4 is 23.6 Å². The minimum Gasteiger partial charge on any atom is -0.508 e. The van der Waals surface area contributed by atoms with E-state index in [1.54, 1.807) is 6.07 Å². The molecule has 2 aromatic carbocycles. The zero-order valence-electron chi connectivity index (χ0n) is 32.0. The van der Waals surface area contributed by atoms with Crippen molar-refractivity contribution in [2.45, 2.75) is 115 Å². The van der Waals surface area contributed by atoms with Crippen molar-refractivity contribution in [2.24, 2.45) is 28.5 Å². The zero-order valence-corrected chi connectivity index (χ0v) is 32.0. The van der Waals surface area contributed by atoms with E-state index in [1.165, 1.54) is 11.1 Å². The summed E-state index contributed by atoms with van der Waals surface area (Å²) in [6, 6.07) is 15.5. The second-order valence-corrected chi connectivity index (χ2v) is 16.2. The van der Waals surface area contributed by atoms with Gasteiger partial charge >= 0.3 is 0 Å². The highest BCUT2D eigenvalue weighted by molar-refractivity contribution is 5.95. The van der Waals surface area contributed by atoms with E-state index in [-0.39, 0.29) is 41.5 Å². The van der Waals surface area contributed by atoms with Gasteiger partial charge in [0.1, 0.15) is 11.8 Å². The van der Waals surface area contributed by atoms with Crippen LogP contribution in [0.25, 0.3) is 0 Å². The predicted molar refractivity (Wildman–Crippen MR) is 207 cm³/mol. The third kappa shape index (κ3) is 8.99. The van der Waals surface area contributed by atoms with Crippen molar-refractivity contribution in [3.63, 3.8) is 0 Å². The number of amidine groups is 1.